The van der Waals surface area contributed by atoms with E-state index in [1.165, 1.54) is 37.7 Å². The molecular weight excluding hydrogens is 413 g/mol. The minimum absolute atomic E-state index is 0.133. The van der Waals surface area contributed by atoms with E-state index in [0.717, 1.165) is 5.56 Å². The van der Waals surface area contributed by atoms with Crippen molar-refractivity contribution in [2.24, 2.45) is 0 Å². The quantitative estimate of drug-likeness (QED) is 0.536. The zero-order chi connectivity index (χ0) is 23.2. The molecule has 3 aromatic carbocycles. The Balaban J connectivity index is 1.59. The number of amides is 1. The first-order chi connectivity index (χ1) is 16.0. The summed E-state index contributed by atoms with van der Waals surface area (Å²) in [6.07, 6.45) is 6.45. The maximum absolute atomic E-state index is 13.5. The van der Waals surface area contributed by atoms with E-state index in [1.54, 1.807) is 60.5 Å². The molecule has 0 spiro atoms. The second-order valence-corrected chi connectivity index (χ2v) is 8.66. The number of hydrogen-bond donors (Lipinski definition) is 2. The molecule has 0 atom stereocenters. The van der Waals surface area contributed by atoms with E-state index < -0.39 is 7.12 Å². The Morgan fingerprint density at radius 1 is 0.909 bits per heavy atom. The van der Waals surface area contributed by atoms with Crippen LogP contribution in [0.5, 0.6) is 5.75 Å². The highest BCUT2D eigenvalue weighted by Crippen LogP contribution is 2.33. The predicted octanol–water partition coefficient (Wildman–Crippen LogP) is 4.27. The molecule has 1 fully saturated rings. The van der Waals surface area contributed by atoms with Gasteiger partial charge in [0.2, 0.25) is 0 Å². The standard InChI is InChI=1S/C27H30BNO4/c1-33-26-17-11-23(12-18-26)27(30)29(25-15-13-24(14-16-25)28(31)32)19-20-7-9-22(10-8-20)21-5-3-2-4-6-21/h7-18,21,31-32H,2-6,19H2,1H3. The molecule has 0 bridgehead atoms. The lowest BCUT2D eigenvalue weighted by Gasteiger charge is -2.25. The lowest BCUT2D eigenvalue weighted by atomic mass is 9.80. The van der Waals surface area contributed by atoms with E-state index >= 15 is 0 Å². The number of methoxy groups -OCH3 is 1. The summed E-state index contributed by atoms with van der Waals surface area (Å²) in [6, 6.07) is 22.4. The highest BCUT2D eigenvalue weighted by Gasteiger charge is 2.20. The van der Waals surface area contributed by atoms with Crippen LogP contribution in [0.2, 0.25) is 0 Å². The average molecular weight is 443 g/mol. The summed E-state index contributed by atoms with van der Waals surface area (Å²) < 4.78 is 5.21. The van der Waals surface area contributed by atoms with Crippen LogP contribution in [0.3, 0.4) is 0 Å². The highest BCUT2D eigenvalue weighted by molar-refractivity contribution is 6.58. The van der Waals surface area contributed by atoms with Gasteiger partial charge in [-0.15, -0.1) is 0 Å². The second kappa shape index (κ2) is 10.7. The second-order valence-electron chi connectivity index (χ2n) is 8.66. The van der Waals surface area contributed by atoms with E-state index in [1.807, 2.05) is 0 Å². The molecule has 0 heterocycles. The topological polar surface area (TPSA) is 70.0 Å². The normalized spacial score (nSPS) is 14.0. The molecule has 6 heteroatoms. The third-order valence-electron chi connectivity index (χ3n) is 6.48. The van der Waals surface area contributed by atoms with Gasteiger partial charge in [0, 0.05) is 11.3 Å². The molecule has 0 radical (unpaired) electrons. The Kier molecular flexibility index (Phi) is 7.48. The van der Waals surface area contributed by atoms with Crippen LogP contribution in [-0.4, -0.2) is 30.2 Å². The van der Waals surface area contributed by atoms with Gasteiger partial charge in [-0.3, -0.25) is 4.79 Å². The maximum Gasteiger partial charge on any atom is 0.488 e. The van der Waals surface area contributed by atoms with Crippen LogP contribution in [0.1, 0.15) is 59.5 Å². The van der Waals surface area contributed by atoms with Crippen molar-refractivity contribution in [2.75, 3.05) is 12.0 Å². The van der Waals surface area contributed by atoms with Crippen molar-refractivity contribution in [2.45, 2.75) is 44.6 Å². The number of anilines is 1. The summed E-state index contributed by atoms with van der Waals surface area (Å²) >= 11 is 0. The lowest BCUT2D eigenvalue weighted by Crippen LogP contribution is -2.32. The van der Waals surface area contributed by atoms with Gasteiger partial charge in [0.1, 0.15) is 5.75 Å². The summed E-state index contributed by atoms with van der Waals surface area (Å²) in [4.78, 5) is 15.2. The van der Waals surface area contributed by atoms with Gasteiger partial charge in [-0.25, -0.2) is 0 Å². The summed E-state index contributed by atoms with van der Waals surface area (Å²) in [6.45, 7) is 0.414. The first-order valence-corrected chi connectivity index (χ1v) is 11.6. The van der Waals surface area contributed by atoms with E-state index in [4.69, 9.17) is 4.74 Å². The fourth-order valence-corrected chi connectivity index (χ4v) is 4.51. The van der Waals surface area contributed by atoms with Crippen LogP contribution in [-0.2, 0) is 6.54 Å². The molecule has 33 heavy (non-hydrogen) atoms. The van der Waals surface area contributed by atoms with Crippen LogP contribution >= 0.6 is 0 Å². The molecule has 0 unspecified atom stereocenters. The Hall–Kier alpha value is -3.09. The molecule has 4 rings (SSSR count). The van der Waals surface area contributed by atoms with Crippen molar-refractivity contribution in [3.63, 3.8) is 0 Å². The molecule has 5 nitrogen and oxygen atoms in total. The van der Waals surface area contributed by atoms with Gasteiger partial charge in [0.05, 0.1) is 13.7 Å². The van der Waals surface area contributed by atoms with Crippen LogP contribution in [0.15, 0.2) is 72.8 Å². The number of nitrogens with zero attached hydrogens (tertiary/aromatic N) is 1. The molecule has 0 saturated heterocycles. The van der Waals surface area contributed by atoms with Crippen LogP contribution in [0, 0.1) is 0 Å². The molecule has 1 amide bonds. The molecule has 0 aliphatic heterocycles. The summed E-state index contributed by atoms with van der Waals surface area (Å²) in [7, 11) is 0.0502. The largest absolute Gasteiger partial charge is 0.497 e. The lowest BCUT2D eigenvalue weighted by molar-refractivity contribution is 0.0985. The Bertz CT molecular complexity index is 1040. The maximum atomic E-state index is 13.5. The fourth-order valence-electron chi connectivity index (χ4n) is 4.51. The number of ether oxygens (including phenoxy) is 1. The van der Waals surface area contributed by atoms with E-state index in [0.29, 0.717) is 34.9 Å². The summed E-state index contributed by atoms with van der Waals surface area (Å²) in [5.41, 5.74) is 4.06. The van der Waals surface area contributed by atoms with Gasteiger partial charge >= 0.3 is 7.12 Å². The van der Waals surface area contributed by atoms with Crippen molar-refractivity contribution in [1.82, 2.24) is 0 Å². The van der Waals surface area contributed by atoms with Crippen molar-refractivity contribution in [3.05, 3.63) is 89.5 Å². The van der Waals surface area contributed by atoms with Crippen LogP contribution in [0.4, 0.5) is 5.69 Å². The Morgan fingerprint density at radius 3 is 2.12 bits per heavy atom. The van der Waals surface area contributed by atoms with Gasteiger partial charge < -0.3 is 19.7 Å². The zero-order valence-corrected chi connectivity index (χ0v) is 19.0. The van der Waals surface area contributed by atoms with Gasteiger partial charge in [-0.1, -0.05) is 55.7 Å². The van der Waals surface area contributed by atoms with Gasteiger partial charge in [0.25, 0.3) is 5.91 Å². The molecule has 0 aromatic heterocycles. The first kappa shape index (κ1) is 23.1. The van der Waals surface area contributed by atoms with Crippen molar-refractivity contribution in [3.8, 4) is 5.75 Å². The predicted molar refractivity (Wildman–Crippen MR) is 132 cm³/mol. The molecule has 1 saturated carbocycles. The smallest absolute Gasteiger partial charge is 0.488 e. The fraction of sp³-hybridized carbons (Fsp3) is 0.296. The van der Waals surface area contributed by atoms with E-state index in [9.17, 15) is 14.8 Å². The van der Waals surface area contributed by atoms with Gasteiger partial charge in [-0.05, 0) is 71.7 Å². The molecule has 1 aliphatic rings. The van der Waals surface area contributed by atoms with Crippen molar-refractivity contribution in [1.29, 1.82) is 0 Å². The SMILES string of the molecule is COc1ccc(C(=O)N(Cc2ccc(C3CCCCC3)cc2)c2ccc(B(O)O)cc2)cc1. The first-order valence-electron chi connectivity index (χ1n) is 11.6. The molecule has 2 N–H and O–H groups in total. The molecule has 3 aromatic rings. The minimum atomic E-state index is -1.54. The van der Waals surface area contributed by atoms with Gasteiger partial charge in [-0.2, -0.15) is 0 Å². The number of benzene rings is 3. The number of rotatable bonds is 7. The van der Waals surface area contributed by atoms with E-state index in [-0.39, 0.29) is 5.91 Å². The van der Waals surface area contributed by atoms with Crippen molar-refractivity contribution < 1.29 is 19.6 Å². The summed E-state index contributed by atoms with van der Waals surface area (Å²) in [5, 5.41) is 18.8. The Labute approximate surface area is 195 Å². The molecular formula is C27H30BNO4. The van der Waals surface area contributed by atoms with Crippen LogP contribution < -0.4 is 15.1 Å². The number of hydrogen-bond acceptors (Lipinski definition) is 4. The minimum Gasteiger partial charge on any atom is -0.497 e. The third kappa shape index (κ3) is 5.64. The van der Waals surface area contributed by atoms with Crippen molar-refractivity contribution >= 4 is 24.2 Å². The number of carbonyl (C=O) groups excluding carboxylic acids is 1. The number of carbonyl (C=O) groups is 1. The Morgan fingerprint density at radius 2 is 1.55 bits per heavy atom. The zero-order valence-electron chi connectivity index (χ0n) is 19.0. The van der Waals surface area contributed by atoms with Crippen LogP contribution in [0.25, 0.3) is 0 Å². The molecule has 1 aliphatic carbocycles. The summed E-state index contributed by atoms with van der Waals surface area (Å²) in [5.74, 6) is 1.20. The average Bonchev–Trinajstić information content (AvgIpc) is 2.88. The van der Waals surface area contributed by atoms with Gasteiger partial charge in [0.15, 0.2) is 0 Å². The highest BCUT2D eigenvalue weighted by atomic mass is 16.5. The van der Waals surface area contributed by atoms with E-state index in [2.05, 4.69) is 24.3 Å². The monoisotopic (exact) mass is 443 g/mol. The third-order valence-corrected chi connectivity index (χ3v) is 6.48. The molecule has 170 valence electrons.